The van der Waals surface area contributed by atoms with Gasteiger partial charge >= 0.3 is 0 Å². The van der Waals surface area contributed by atoms with Gasteiger partial charge in [0.2, 0.25) is 0 Å². The molecule has 1 aliphatic heterocycles. The van der Waals surface area contributed by atoms with Gasteiger partial charge in [0.25, 0.3) is 5.91 Å². The molecule has 1 saturated heterocycles. The van der Waals surface area contributed by atoms with Crippen LogP contribution in [0.2, 0.25) is 0 Å². The number of aliphatic hydroxyl groups is 5. The largest absolute Gasteiger partial charge is 0.394 e. The van der Waals surface area contributed by atoms with Crippen LogP contribution in [0, 0.1) is 142 Å². The molecule has 6 N–H and O–H groups in total. The van der Waals surface area contributed by atoms with Gasteiger partial charge in [-0.2, -0.15) is 0 Å². The number of rotatable bonds is 8. The van der Waals surface area contributed by atoms with Crippen molar-refractivity contribution in [3.05, 3.63) is 0 Å². The number of hydrogen-bond acceptors (Lipinski definition) is 8. The van der Waals surface area contributed by atoms with Crippen LogP contribution in [0.4, 0.5) is 0 Å². The van der Waals surface area contributed by atoms with E-state index in [1.54, 1.807) is 6.92 Å². The second-order valence-electron chi connectivity index (χ2n) is 8.59. The Hall–Kier alpha value is -6.09. The lowest BCUT2D eigenvalue weighted by Gasteiger charge is -2.40. The standard InChI is InChI=1S/C38H27NO8.24H2/c1-3-5-6-7-8-9-10-11-12-13-14-15-16-17-18-19-20-21-22-23-24-25-26-28-34(42)39-31(32(41)27-4-2)30-46-38-37(45)36(44)35(43)33(29-40)47-38;;;;;;;;;;;;;;;;;;;;;;;;/h31-33,35-38,40-41,43-45H,4,27,29-30H2,1-2H3,(H,39,42);24*1H/t31-,32+,33?,35-,36-,37?,38-;;;;;;;;;;;;;;;;;;;;;;;;/m0......................../s1. The zero-order valence-corrected chi connectivity index (χ0v) is 25.3. The molecule has 0 aromatic carbocycles. The summed E-state index contributed by atoms with van der Waals surface area (Å²) in [7, 11) is 0. The number of carbonyl (C=O) groups excluding carboxylic acids is 1. The molecule has 280 valence electrons. The monoisotopic (exact) mass is 674 g/mol. The van der Waals surface area contributed by atoms with E-state index in [9.17, 15) is 30.3 Å². The number of hydrogen-bond donors (Lipinski definition) is 6. The van der Waals surface area contributed by atoms with Gasteiger partial charge in [-0.15, -0.1) is 0 Å². The first-order valence-electron chi connectivity index (χ1n) is 13.7. The van der Waals surface area contributed by atoms with Crippen molar-refractivity contribution in [2.75, 3.05) is 13.2 Å². The fraction of sp³-hybridized carbons (Fsp3) is 0.342. The third kappa shape index (κ3) is 17.7. The summed E-state index contributed by atoms with van der Waals surface area (Å²) in [5.41, 5.74) is 0. The topological polar surface area (TPSA) is 149 Å². The summed E-state index contributed by atoms with van der Waals surface area (Å²) in [6, 6.07) is -0.956. The summed E-state index contributed by atoms with van der Waals surface area (Å²) in [4.78, 5) is 12.3. The van der Waals surface area contributed by atoms with Crippen molar-refractivity contribution in [1.29, 1.82) is 0 Å². The van der Waals surface area contributed by atoms with Crippen molar-refractivity contribution in [1.82, 2.24) is 5.32 Å². The minimum absolute atomic E-state index is 0. The Kier molecular flexibility index (Phi) is 20.9. The maximum Gasteiger partial charge on any atom is 0.297 e. The molecule has 0 aliphatic carbocycles. The van der Waals surface area contributed by atoms with Gasteiger partial charge in [0.05, 0.1) is 25.4 Å². The van der Waals surface area contributed by atoms with E-state index in [1.165, 1.54) is 0 Å². The minimum Gasteiger partial charge on any atom is -0.394 e. The Labute approximate surface area is 311 Å². The van der Waals surface area contributed by atoms with Crippen molar-refractivity contribution >= 4 is 5.91 Å². The van der Waals surface area contributed by atoms with Crippen LogP contribution in [0.1, 0.15) is 60.9 Å². The van der Waals surface area contributed by atoms with Crippen molar-refractivity contribution < 1.29 is 74.0 Å². The highest BCUT2D eigenvalue weighted by Crippen LogP contribution is 2.22. The summed E-state index contributed by atoms with van der Waals surface area (Å²) in [6.07, 6.45) is -7.52. The fourth-order valence-corrected chi connectivity index (χ4v) is 3.13. The van der Waals surface area contributed by atoms with Gasteiger partial charge < -0.3 is 40.3 Å². The zero-order chi connectivity index (χ0) is 34.5. The molecule has 1 aliphatic rings. The first-order chi connectivity index (χ1) is 22.8. The zero-order valence-electron chi connectivity index (χ0n) is 25.3. The van der Waals surface area contributed by atoms with Gasteiger partial charge in [0.15, 0.2) is 6.29 Å². The highest BCUT2D eigenvalue weighted by molar-refractivity contribution is 5.94. The molecule has 1 amide bonds. The van der Waals surface area contributed by atoms with E-state index < -0.39 is 55.4 Å². The van der Waals surface area contributed by atoms with Gasteiger partial charge in [0.1, 0.15) is 24.4 Å². The minimum atomic E-state index is -1.63. The molecule has 9 heteroatoms. The van der Waals surface area contributed by atoms with E-state index in [1.807, 2.05) is 6.92 Å². The molecule has 9 nitrogen and oxygen atoms in total. The molecule has 0 spiro atoms. The predicted molar refractivity (Wildman–Crippen MR) is 222 cm³/mol. The van der Waals surface area contributed by atoms with Crippen LogP contribution in [-0.2, 0) is 14.3 Å². The van der Waals surface area contributed by atoms with Crippen molar-refractivity contribution in [3.63, 3.8) is 0 Å². The van der Waals surface area contributed by atoms with E-state index in [4.69, 9.17) is 9.47 Å². The maximum absolute atomic E-state index is 12.3. The van der Waals surface area contributed by atoms with Crippen LogP contribution in [0.3, 0.4) is 0 Å². The highest BCUT2D eigenvalue weighted by Gasteiger charge is 2.44. The van der Waals surface area contributed by atoms with Crippen LogP contribution in [0.5, 0.6) is 0 Å². The number of amides is 1. The van der Waals surface area contributed by atoms with Gasteiger partial charge in [-0.3, -0.25) is 4.79 Å². The molecule has 0 aromatic rings. The average molecular weight is 674 g/mol. The number of carbonyl (C=O) groups is 1. The van der Waals surface area contributed by atoms with Gasteiger partial charge in [0, 0.05) is 75.7 Å². The van der Waals surface area contributed by atoms with E-state index in [-0.39, 0.29) is 40.8 Å². The molecule has 1 fully saturated rings. The Bertz CT molecular complexity index is 1960. The first kappa shape index (κ1) is 38.9. The molecular formula is C38H75NO8. The molecule has 0 bridgehead atoms. The number of nitrogens with one attached hydrogen (secondary N) is 1. The molecule has 1 heterocycles. The maximum atomic E-state index is 12.3. The quantitative estimate of drug-likeness (QED) is 0.215. The Morgan fingerprint density at radius 2 is 1.15 bits per heavy atom. The van der Waals surface area contributed by atoms with E-state index >= 15 is 0 Å². The van der Waals surface area contributed by atoms with Gasteiger partial charge in [-0.25, -0.2) is 0 Å². The van der Waals surface area contributed by atoms with Crippen LogP contribution in [-0.4, -0.2) is 87.5 Å². The summed E-state index contributed by atoms with van der Waals surface area (Å²) in [6.45, 7) is 2.55. The predicted octanol–water partition coefficient (Wildman–Crippen LogP) is 3.41. The summed E-state index contributed by atoms with van der Waals surface area (Å²) < 4.78 is 10.7. The molecule has 1 rings (SSSR count). The molecule has 47 heavy (non-hydrogen) atoms. The molecule has 0 radical (unpaired) electrons. The van der Waals surface area contributed by atoms with E-state index in [0.717, 1.165) is 0 Å². The van der Waals surface area contributed by atoms with Crippen molar-refractivity contribution in [2.45, 2.75) is 69.5 Å². The first-order valence-corrected chi connectivity index (χ1v) is 13.7. The van der Waals surface area contributed by atoms with Crippen molar-refractivity contribution in [2.24, 2.45) is 0 Å². The highest BCUT2D eigenvalue weighted by atomic mass is 16.7. The van der Waals surface area contributed by atoms with E-state index in [0.29, 0.717) is 12.8 Å². The van der Waals surface area contributed by atoms with Crippen LogP contribution in [0.25, 0.3) is 0 Å². The summed E-state index contributed by atoms with van der Waals surface area (Å²) in [5.74, 6) is 58.3. The van der Waals surface area contributed by atoms with Gasteiger partial charge in [-0.05, 0) is 108 Å². The molecular weight excluding hydrogens is 598 g/mol. The number of aliphatic hydroxyl groups excluding tert-OH is 5. The third-order valence-electron chi connectivity index (χ3n) is 5.27. The lowest BCUT2D eigenvalue weighted by atomic mass is 9.99. The Morgan fingerprint density at radius 1 is 0.723 bits per heavy atom. The summed E-state index contributed by atoms with van der Waals surface area (Å²) in [5, 5.41) is 52.2. The lowest BCUT2D eigenvalue weighted by Crippen LogP contribution is -2.60. The van der Waals surface area contributed by atoms with Crippen LogP contribution < -0.4 is 5.32 Å². The molecule has 0 saturated carbocycles. The van der Waals surface area contributed by atoms with Crippen LogP contribution >= 0.6 is 0 Å². The SMILES string of the molecule is CC#CC#CC#CC#CC#CC#CC#CC#CC#CC#CC#CC#CC(=O)N[C@@H](CO[C@H]1OC(CO)[C@H](O)[C@H](O)C1O)[C@H](O)CCC.[HH].[HH].[HH].[HH].[HH].[HH].[HH].[HH].[HH].[HH].[HH].[HH].[HH].[HH].[HH].[HH].[HH].[HH].[HH].[HH].[HH].[HH].[HH].[HH]. The average Bonchev–Trinajstić information content (AvgIpc) is 3.06. The third-order valence-corrected chi connectivity index (χ3v) is 5.27. The Balaban J connectivity index is -0.0000000418. The molecule has 2 unspecified atom stereocenters. The van der Waals surface area contributed by atoms with E-state index in [2.05, 4.69) is 147 Å². The van der Waals surface area contributed by atoms with Crippen LogP contribution in [0.15, 0.2) is 0 Å². The van der Waals surface area contributed by atoms with Gasteiger partial charge in [-0.1, -0.05) is 19.3 Å². The second-order valence-corrected chi connectivity index (χ2v) is 8.59. The second kappa shape index (κ2) is 25.3. The molecule has 7 atom stereocenters. The fourth-order valence-electron chi connectivity index (χ4n) is 3.13. The van der Waals surface area contributed by atoms with Crippen molar-refractivity contribution in [3.8, 4) is 142 Å². The number of ether oxygens (including phenoxy) is 2. The lowest BCUT2D eigenvalue weighted by molar-refractivity contribution is -0.302. The summed E-state index contributed by atoms with van der Waals surface area (Å²) >= 11 is 0. The molecule has 0 aromatic heterocycles. The normalized spacial score (nSPS) is 18.7. The Morgan fingerprint density at radius 3 is 1.55 bits per heavy atom. The smallest absolute Gasteiger partial charge is 0.297 e.